The fourth-order valence-corrected chi connectivity index (χ4v) is 4.93. The first kappa shape index (κ1) is 26.6. The van der Waals surface area contributed by atoms with Gasteiger partial charge in [0.1, 0.15) is 5.69 Å². The van der Waals surface area contributed by atoms with Gasteiger partial charge in [-0.05, 0) is 79.1 Å². The molecule has 39 heavy (non-hydrogen) atoms. The van der Waals surface area contributed by atoms with Gasteiger partial charge in [-0.15, -0.1) is 5.10 Å². The Morgan fingerprint density at radius 1 is 1.10 bits per heavy atom. The zero-order valence-electron chi connectivity index (χ0n) is 20.9. The molecule has 3 amide bonds. The molecule has 0 saturated heterocycles. The smallest absolute Gasteiger partial charge is 0.319 e. The molecule has 0 fully saturated rings. The molecule has 1 atom stereocenters. The molecule has 198 valence electrons. The number of hydrogen-bond donors (Lipinski definition) is 3. The van der Waals surface area contributed by atoms with Crippen molar-refractivity contribution in [3.8, 4) is 5.69 Å². The number of nitrogens with zero attached hydrogens (tertiary/aromatic N) is 3. The minimum atomic E-state index is -0.402. The maximum atomic E-state index is 13.5. The highest BCUT2D eigenvalue weighted by atomic mass is 79.9. The average molecular weight is 608 g/mol. The van der Waals surface area contributed by atoms with E-state index in [2.05, 4.69) is 42.2 Å². The molecule has 1 aliphatic carbocycles. The number of urea groups is 1. The van der Waals surface area contributed by atoms with Crippen LogP contribution in [0.1, 0.15) is 56.4 Å². The number of benzene rings is 3. The van der Waals surface area contributed by atoms with Crippen molar-refractivity contribution in [1.82, 2.24) is 25.6 Å². The molecule has 0 saturated carbocycles. The van der Waals surface area contributed by atoms with E-state index in [1.54, 1.807) is 42.6 Å². The van der Waals surface area contributed by atoms with Crippen LogP contribution in [0.4, 0.5) is 10.5 Å². The third kappa shape index (κ3) is 6.18. The van der Waals surface area contributed by atoms with Gasteiger partial charge in [0.15, 0.2) is 5.78 Å². The van der Waals surface area contributed by atoms with Crippen molar-refractivity contribution in [2.24, 2.45) is 0 Å². The second-order valence-electron chi connectivity index (χ2n) is 9.21. The van der Waals surface area contributed by atoms with E-state index in [-0.39, 0.29) is 24.3 Å². The predicted octanol–water partition coefficient (Wildman–Crippen LogP) is 5.76. The van der Waals surface area contributed by atoms with E-state index in [0.717, 1.165) is 15.6 Å². The Balaban J connectivity index is 1.30. The highest BCUT2D eigenvalue weighted by molar-refractivity contribution is 9.10. The van der Waals surface area contributed by atoms with Crippen molar-refractivity contribution in [3.05, 3.63) is 104 Å². The molecule has 9 nitrogen and oxygen atoms in total. The highest BCUT2D eigenvalue weighted by Gasteiger charge is 2.28. The van der Waals surface area contributed by atoms with Gasteiger partial charge in [0.25, 0.3) is 5.91 Å². The molecule has 1 unspecified atom stereocenters. The Morgan fingerprint density at radius 2 is 1.90 bits per heavy atom. The van der Waals surface area contributed by atoms with E-state index >= 15 is 0 Å². The van der Waals surface area contributed by atoms with Crippen LogP contribution in [0.25, 0.3) is 5.69 Å². The summed E-state index contributed by atoms with van der Waals surface area (Å²) in [6.45, 7) is 2.06. The number of amides is 3. The lowest BCUT2D eigenvalue weighted by molar-refractivity contribution is 0.0903. The average Bonchev–Trinajstić information content (AvgIpc) is 3.39. The molecule has 1 heterocycles. The summed E-state index contributed by atoms with van der Waals surface area (Å²) < 4.78 is 2.36. The van der Waals surface area contributed by atoms with Gasteiger partial charge in [0, 0.05) is 27.2 Å². The Bertz CT molecular complexity index is 1570. The first-order valence-electron chi connectivity index (χ1n) is 12.2. The lowest BCUT2D eigenvalue weighted by Gasteiger charge is -2.26. The molecule has 3 N–H and O–H groups in total. The summed E-state index contributed by atoms with van der Waals surface area (Å²) in [6.07, 6.45) is 2.55. The minimum Gasteiger partial charge on any atom is -0.345 e. The first-order chi connectivity index (χ1) is 18.8. The van der Waals surface area contributed by atoms with E-state index < -0.39 is 6.03 Å². The number of fused-ring (bicyclic) bond motifs is 1. The van der Waals surface area contributed by atoms with E-state index in [1.807, 2.05) is 31.2 Å². The standard InChI is InChI=1S/C28H24BrClN6O3/c1-16-2-8-22(27(38)33-24-10-11-26(37)21-9-3-17(29)13-23(21)24)25(12-16)36-15-20(34-35-36)14-31-28(39)32-19-6-4-18(30)5-7-19/h2-9,12-13,15,24H,10-11,14H2,1H3,(H,33,38)(H2,31,32,39). The van der Waals surface area contributed by atoms with Crippen LogP contribution in [-0.2, 0) is 6.54 Å². The van der Waals surface area contributed by atoms with Crippen LogP contribution in [0.5, 0.6) is 0 Å². The van der Waals surface area contributed by atoms with Gasteiger partial charge in [-0.2, -0.15) is 0 Å². The Morgan fingerprint density at radius 3 is 2.69 bits per heavy atom. The quantitative estimate of drug-likeness (QED) is 0.258. The van der Waals surface area contributed by atoms with E-state index in [1.165, 1.54) is 4.68 Å². The summed E-state index contributed by atoms with van der Waals surface area (Å²) in [6, 6.07) is 17.0. The molecule has 0 spiro atoms. The van der Waals surface area contributed by atoms with Crippen LogP contribution in [0, 0.1) is 6.92 Å². The van der Waals surface area contributed by atoms with Crippen LogP contribution < -0.4 is 16.0 Å². The Hall–Kier alpha value is -4.02. The number of rotatable bonds is 6. The molecular formula is C28H24BrClN6O3. The van der Waals surface area contributed by atoms with Crippen molar-refractivity contribution in [1.29, 1.82) is 0 Å². The molecule has 0 radical (unpaired) electrons. The van der Waals surface area contributed by atoms with Crippen LogP contribution in [0.3, 0.4) is 0 Å². The first-order valence-corrected chi connectivity index (χ1v) is 13.4. The van der Waals surface area contributed by atoms with Crippen molar-refractivity contribution < 1.29 is 14.4 Å². The molecule has 11 heteroatoms. The number of hydrogen-bond acceptors (Lipinski definition) is 5. The molecule has 3 aromatic carbocycles. The summed E-state index contributed by atoms with van der Waals surface area (Å²) in [7, 11) is 0. The summed E-state index contributed by atoms with van der Waals surface area (Å²) in [5.74, 6) is -0.211. The highest BCUT2D eigenvalue weighted by Crippen LogP contribution is 2.32. The number of ketones is 1. The number of aryl methyl sites for hydroxylation is 1. The molecule has 1 aromatic heterocycles. The largest absolute Gasteiger partial charge is 0.345 e. The maximum absolute atomic E-state index is 13.5. The van der Waals surface area contributed by atoms with Crippen LogP contribution in [0.2, 0.25) is 5.02 Å². The zero-order valence-corrected chi connectivity index (χ0v) is 23.2. The third-order valence-electron chi connectivity index (χ3n) is 6.37. The summed E-state index contributed by atoms with van der Waals surface area (Å²) in [5, 5.41) is 17.5. The van der Waals surface area contributed by atoms with Gasteiger partial charge in [-0.3, -0.25) is 9.59 Å². The van der Waals surface area contributed by atoms with E-state index in [9.17, 15) is 14.4 Å². The van der Waals surface area contributed by atoms with Gasteiger partial charge in [0.2, 0.25) is 0 Å². The fraction of sp³-hybridized carbons (Fsp3) is 0.179. The zero-order chi connectivity index (χ0) is 27.5. The molecule has 4 aromatic rings. The van der Waals surface area contributed by atoms with Crippen LogP contribution >= 0.6 is 27.5 Å². The predicted molar refractivity (Wildman–Crippen MR) is 151 cm³/mol. The lowest BCUT2D eigenvalue weighted by atomic mass is 9.86. The van der Waals surface area contributed by atoms with Gasteiger partial charge in [-0.25, -0.2) is 9.48 Å². The second-order valence-corrected chi connectivity index (χ2v) is 10.6. The molecule has 1 aliphatic rings. The Kier molecular flexibility index (Phi) is 7.76. The third-order valence-corrected chi connectivity index (χ3v) is 7.12. The van der Waals surface area contributed by atoms with Crippen molar-refractivity contribution in [2.75, 3.05) is 5.32 Å². The molecule has 0 bridgehead atoms. The Labute approximate surface area is 238 Å². The second kappa shape index (κ2) is 11.4. The van der Waals surface area contributed by atoms with Crippen LogP contribution in [0.15, 0.2) is 71.3 Å². The number of Topliss-reactive ketones (excluding diaryl/α,β-unsaturated/α-hetero) is 1. The fourth-order valence-electron chi connectivity index (χ4n) is 4.43. The molecule has 0 aliphatic heterocycles. The number of aromatic nitrogens is 3. The monoisotopic (exact) mass is 606 g/mol. The van der Waals surface area contributed by atoms with Crippen LogP contribution in [-0.4, -0.2) is 32.7 Å². The van der Waals surface area contributed by atoms with E-state index in [0.29, 0.717) is 46.1 Å². The summed E-state index contributed by atoms with van der Waals surface area (Å²) in [5.41, 5.74) is 4.46. The summed E-state index contributed by atoms with van der Waals surface area (Å²) in [4.78, 5) is 38.1. The molecular weight excluding hydrogens is 584 g/mol. The number of nitrogens with one attached hydrogen (secondary N) is 3. The number of carbonyl (C=O) groups is 3. The van der Waals surface area contributed by atoms with Crippen molar-refractivity contribution >= 4 is 50.9 Å². The topological polar surface area (TPSA) is 118 Å². The minimum absolute atomic E-state index is 0.0737. The van der Waals surface area contributed by atoms with E-state index in [4.69, 9.17) is 11.6 Å². The molecule has 5 rings (SSSR count). The van der Waals surface area contributed by atoms with Gasteiger partial charge < -0.3 is 16.0 Å². The SMILES string of the molecule is Cc1ccc(C(=O)NC2CCC(=O)c3ccc(Br)cc32)c(-n2cc(CNC(=O)Nc3ccc(Cl)cc3)nn2)c1. The summed E-state index contributed by atoms with van der Waals surface area (Å²) >= 11 is 9.34. The van der Waals surface area contributed by atoms with Gasteiger partial charge in [-0.1, -0.05) is 38.8 Å². The normalized spacial score (nSPS) is 14.4. The van der Waals surface area contributed by atoms with Gasteiger partial charge >= 0.3 is 6.03 Å². The lowest BCUT2D eigenvalue weighted by Crippen LogP contribution is -2.33. The van der Waals surface area contributed by atoms with Crippen molar-refractivity contribution in [3.63, 3.8) is 0 Å². The maximum Gasteiger partial charge on any atom is 0.319 e. The number of anilines is 1. The van der Waals surface area contributed by atoms with Gasteiger partial charge in [0.05, 0.1) is 30.0 Å². The number of carbonyl (C=O) groups excluding carboxylic acids is 3. The van der Waals surface area contributed by atoms with Crippen molar-refractivity contribution in [2.45, 2.75) is 32.4 Å². The number of halogens is 2.